The van der Waals surface area contributed by atoms with Gasteiger partial charge in [0.1, 0.15) is 12.2 Å². The van der Waals surface area contributed by atoms with Gasteiger partial charge in [0.2, 0.25) is 5.91 Å². The first-order valence-electron chi connectivity index (χ1n) is 5.57. The number of carbonyl (C=O) groups is 1. The van der Waals surface area contributed by atoms with Gasteiger partial charge in [0.05, 0.1) is 12.6 Å². The van der Waals surface area contributed by atoms with Crippen molar-refractivity contribution in [3.8, 4) is 0 Å². The first kappa shape index (κ1) is 13.0. The highest BCUT2D eigenvalue weighted by Crippen LogP contribution is 2.30. The number of carbonyl (C=O) groups excluding carboxylic acids is 1. The molecule has 2 aliphatic heterocycles. The Hall–Kier alpha value is -0.480. The number of amides is 1. The Kier molecular flexibility index (Phi) is 3.55. The summed E-state index contributed by atoms with van der Waals surface area (Å²) in [4.78, 5) is 13.1. The fraction of sp³-hybridized carbons (Fsp3) is 0.727. The number of rotatable bonds is 3. The van der Waals surface area contributed by atoms with E-state index in [1.807, 2.05) is 19.9 Å². The molecule has 0 aromatic rings. The van der Waals surface area contributed by atoms with Gasteiger partial charge in [-0.15, -0.1) is 0 Å². The summed E-state index contributed by atoms with van der Waals surface area (Å²) < 4.78 is 16.7. The number of ether oxygens (including phenoxy) is 2. The van der Waals surface area contributed by atoms with Crippen molar-refractivity contribution in [2.24, 2.45) is 0 Å². The van der Waals surface area contributed by atoms with Crippen molar-refractivity contribution in [1.82, 2.24) is 4.90 Å². The van der Waals surface area contributed by atoms with Gasteiger partial charge < -0.3 is 18.9 Å². The minimum absolute atomic E-state index is 0.0137. The zero-order valence-electron chi connectivity index (χ0n) is 10.3. The summed E-state index contributed by atoms with van der Waals surface area (Å²) in [6, 6.07) is -0.109. The molecule has 2 aliphatic rings. The Balaban J connectivity index is 2.08. The summed E-state index contributed by atoms with van der Waals surface area (Å²) in [5, 5.41) is 0. The minimum atomic E-state index is -0.586. The second-order valence-electron chi connectivity index (χ2n) is 4.77. The van der Waals surface area contributed by atoms with E-state index in [1.165, 1.54) is 0 Å². The third-order valence-corrected chi connectivity index (χ3v) is 3.44. The van der Waals surface area contributed by atoms with Crippen LogP contribution in [-0.4, -0.2) is 48.5 Å². The van der Waals surface area contributed by atoms with Gasteiger partial charge in [-0.2, -0.15) is 0 Å². The first-order valence-corrected chi connectivity index (χ1v) is 6.04. The topological polar surface area (TPSA) is 48.0 Å². The van der Waals surface area contributed by atoms with Gasteiger partial charge in [0.25, 0.3) is 0 Å². The molecule has 96 valence electrons. The maximum Gasteiger partial charge on any atom is 0.246 e. The molecule has 0 radical (unpaired) electrons. The number of hydrogen-bond donors (Lipinski definition) is 0. The SMILES string of the molecule is CN1C(=O)C=CC1C([14O]P)C1COC(C)(C)O1. The molecule has 0 aromatic heterocycles. The quantitative estimate of drug-likeness (QED) is 0.699. The van der Waals surface area contributed by atoms with Gasteiger partial charge in [-0.1, -0.05) is 6.08 Å². The normalized spacial score (nSPS) is 33.4. The third-order valence-electron chi connectivity index (χ3n) is 3.12. The van der Waals surface area contributed by atoms with Gasteiger partial charge in [-0.05, 0) is 13.8 Å². The number of likely N-dealkylation sites (N-methyl/N-ethyl adjacent to an activating group) is 1. The molecule has 0 bridgehead atoms. The van der Waals surface area contributed by atoms with Crippen LogP contribution in [0, 0.1) is 0 Å². The maximum absolute atomic E-state index is 11.5. The van der Waals surface area contributed by atoms with E-state index in [-0.39, 0.29) is 24.2 Å². The lowest BCUT2D eigenvalue weighted by molar-refractivity contribution is -0.151. The van der Waals surface area contributed by atoms with E-state index in [9.17, 15) is 4.79 Å². The first-order chi connectivity index (χ1) is 7.94. The van der Waals surface area contributed by atoms with E-state index in [0.717, 1.165) is 0 Å². The summed E-state index contributed by atoms with van der Waals surface area (Å²) in [6.45, 7) is 4.21. The molecule has 2 rings (SSSR count). The monoisotopic (exact) mass is 257 g/mol. The van der Waals surface area contributed by atoms with Gasteiger partial charge in [-0.25, -0.2) is 0 Å². The van der Waals surface area contributed by atoms with Crippen molar-refractivity contribution >= 4 is 15.4 Å². The van der Waals surface area contributed by atoms with Gasteiger partial charge in [0.15, 0.2) is 5.79 Å². The molecule has 0 aromatic carbocycles. The van der Waals surface area contributed by atoms with Crippen LogP contribution < -0.4 is 0 Å². The molecule has 0 spiro atoms. The lowest BCUT2D eigenvalue weighted by atomic mass is 10.0. The van der Waals surface area contributed by atoms with Crippen LogP contribution in [0.15, 0.2) is 12.2 Å². The molecule has 6 heteroatoms. The van der Waals surface area contributed by atoms with Crippen molar-refractivity contribution in [2.45, 2.75) is 37.9 Å². The highest BCUT2D eigenvalue weighted by molar-refractivity contribution is 7.09. The molecule has 0 aliphatic carbocycles. The zero-order chi connectivity index (χ0) is 12.6. The van der Waals surface area contributed by atoms with Crippen LogP contribution in [0.2, 0.25) is 0 Å². The van der Waals surface area contributed by atoms with Crippen LogP contribution in [0.5, 0.6) is 0 Å². The predicted molar refractivity (Wildman–Crippen MR) is 65.2 cm³/mol. The average Bonchev–Trinajstić information content (AvgIpc) is 2.77. The summed E-state index contributed by atoms with van der Waals surface area (Å²) >= 11 is 0. The van der Waals surface area contributed by atoms with Crippen molar-refractivity contribution < 1.29 is 18.8 Å². The third kappa shape index (κ3) is 2.52. The van der Waals surface area contributed by atoms with Crippen LogP contribution in [0.25, 0.3) is 0 Å². The molecule has 1 fully saturated rings. The van der Waals surface area contributed by atoms with Gasteiger partial charge in [-0.3, -0.25) is 4.79 Å². The summed E-state index contributed by atoms with van der Waals surface area (Å²) in [7, 11) is 4.00. The minimum Gasteiger partial charge on any atom is -0.357 e. The van der Waals surface area contributed by atoms with Crippen molar-refractivity contribution in [3.05, 3.63) is 12.2 Å². The molecule has 1 amide bonds. The Morgan fingerprint density at radius 3 is 2.76 bits per heavy atom. The Morgan fingerprint density at radius 1 is 1.65 bits per heavy atom. The van der Waals surface area contributed by atoms with E-state index in [2.05, 4.69) is 9.47 Å². The molecule has 0 saturated carbocycles. The average molecular weight is 257 g/mol. The molecule has 2 heterocycles. The van der Waals surface area contributed by atoms with Gasteiger partial charge >= 0.3 is 0 Å². The summed E-state index contributed by atoms with van der Waals surface area (Å²) in [6.07, 6.45) is 2.98. The molecular weight excluding hydrogens is 239 g/mol. The zero-order valence-corrected chi connectivity index (χ0v) is 11.4. The van der Waals surface area contributed by atoms with Gasteiger partial charge in [0, 0.05) is 22.6 Å². The van der Waals surface area contributed by atoms with Crippen LogP contribution >= 0.6 is 9.47 Å². The van der Waals surface area contributed by atoms with Crippen LogP contribution in [0.4, 0.5) is 0 Å². The second-order valence-corrected chi connectivity index (χ2v) is 5.04. The smallest absolute Gasteiger partial charge is 0.246 e. The summed E-state index contributed by atoms with van der Waals surface area (Å²) in [5.74, 6) is -0.600. The largest absolute Gasteiger partial charge is 0.357 e. The lowest BCUT2D eigenvalue weighted by Crippen LogP contribution is -2.46. The molecule has 17 heavy (non-hydrogen) atoms. The van der Waals surface area contributed by atoms with E-state index in [1.54, 1.807) is 18.0 Å². The molecule has 0 N–H and O–H groups in total. The standard InChI is InChI=1S/C11H18NO4P/c1-11(2)14-6-8(15-11)10(16-17)7-4-5-9(13)12(7)3/h4-5,7-8,10H,6,17H2,1-3H3/i16-2. The Bertz CT molecular complexity index is 344. The fourth-order valence-corrected chi connectivity index (χ4v) is 2.51. The summed E-state index contributed by atoms with van der Waals surface area (Å²) in [5.41, 5.74) is 0. The Morgan fingerprint density at radius 2 is 2.35 bits per heavy atom. The molecule has 4 atom stereocenters. The van der Waals surface area contributed by atoms with Crippen molar-refractivity contribution in [1.29, 1.82) is 0 Å². The molecule has 5 nitrogen and oxygen atoms in total. The fourth-order valence-electron chi connectivity index (χ4n) is 2.17. The predicted octanol–water partition coefficient (Wildman–Crippen LogP) is 0.710. The van der Waals surface area contributed by atoms with Crippen LogP contribution in [-0.2, 0) is 18.8 Å². The van der Waals surface area contributed by atoms with Crippen LogP contribution in [0.3, 0.4) is 0 Å². The van der Waals surface area contributed by atoms with E-state index in [4.69, 9.17) is 14.0 Å². The molecular formula is C11H18NO4P. The van der Waals surface area contributed by atoms with Crippen molar-refractivity contribution in [2.75, 3.05) is 13.7 Å². The van der Waals surface area contributed by atoms with E-state index >= 15 is 0 Å². The number of hydrogen-bond acceptors (Lipinski definition) is 4. The molecule has 4 unspecified atom stereocenters. The second kappa shape index (κ2) is 4.65. The number of nitrogens with zero attached hydrogens (tertiary/aromatic N) is 1. The highest BCUT2D eigenvalue weighted by Gasteiger charge is 2.43. The highest BCUT2D eigenvalue weighted by atomic mass is 31.0. The van der Waals surface area contributed by atoms with Crippen molar-refractivity contribution in [3.63, 3.8) is 0 Å². The maximum atomic E-state index is 11.5. The lowest BCUT2D eigenvalue weighted by Gasteiger charge is -2.31. The van der Waals surface area contributed by atoms with Crippen LogP contribution in [0.1, 0.15) is 13.8 Å². The van der Waals surface area contributed by atoms with E-state index < -0.39 is 5.79 Å². The molecule has 1 saturated heterocycles. The Labute approximate surface area is 103 Å². The van der Waals surface area contributed by atoms with E-state index in [0.29, 0.717) is 6.61 Å².